The van der Waals surface area contributed by atoms with Gasteiger partial charge in [-0.25, -0.2) is 4.79 Å². The molecule has 24 heavy (non-hydrogen) atoms. The first-order chi connectivity index (χ1) is 11.8. The zero-order valence-corrected chi connectivity index (χ0v) is 13.8. The third-order valence-electron chi connectivity index (χ3n) is 4.17. The molecule has 1 N–H and O–H groups in total. The lowest BCUT2D eigenvalue weighted by Gasteiger charge is -2.36. The Hall–Kier alpha value is -2.76. The number of carbonyl (C=O) groups is 1. The van der Waals surface area contributed by atoms with E-state index in [-0.39, 0.29) is 6.03 Å². The minimum atomic E-state index is -0.0202. The van der Waals surface area contributed by atoms with Gasteiger partial charge in [-0.2, -0.15) is 0 Å². The van der Waals surface area contributed by atoms with E-state index in [0.29, 0.717) is 19.6 Å². The molecular weight excluding hydrogens is 304 g/mol. The van der Waals surface area contributed by atoms with E-state index < -0.39 is 0 Å². The van der Waals surface area contributed by atoms with Gasteiger partial charge < -0.3 is 19.9 Å². The molecule has 1 aliphatic heterocycles. The predicted molar refractivity (Wildman–Crippen MR) is 93.3 cm³/mol. The number of aromatic nitrogens is 1. The van der Waals surface area contributed by atoms with Crippen LogP contribution < -0.4 is 15.0 Å². The molecule has 0 atom stereocenters. The Balaban J connectivity index is 1.48. The number of anilines is 1. The number of urea groups is 1. The molecule has 3 rings (SSSR count). The molecule has 0 saturated carbocycles. The summed E-state index contributed by atoms with van der Waals surface area (Å²) in [5.41, 5.74) is 2.16. The van der Waals surface area contributed by atoms with E-state index in [1.54, 1.807) is 19.5 Å². The first-order valence-corrected chi connectivity index (χ1v) is 8.07. The summed E-state index contributed by atoms with van der Waals surface area (Å²) in [7, 11) is 1.66. The van der Waals surface area contributed by atoms with Crippen LogP contribution in [-0.4, -0.2) is 49.2 Å². The molecule has 1 saturated heterocycles. The maximum absolute atomic E-state index is 12.3. The number of pyridine rings is 1. The van der Waals surface area contributed by atoms with Gasteiger partial charge in [0.25, 0.3) is 0 Å². The summed E-state index contributed by atoms with van der Waals surface area (Å²) in [5, 5.41) is 2.95. The summed E-state index contributed by atoms with van der Waals surface area (Å²) < 4.78 is 5.18. The normalized spacial score (nSPS) is 14.4. The van der Waals surface area contributed by atoms with Crippen molar-refractivity contribution in [3.05, 3.63) is 54.4 Å². The smallest absolute Gasteiger partial charge is 0.317 e. The van der Waals surface area contributed by atoms with E-state index >= 15 is 0 Å². The predicted octanol–water partition coefficient (Wildman–Crippen LogP) is 2.12. The van der Waals surface area contributed by atoms with E-state index in [1.165, 1.54) is 0 Å². The molecule has 6 heteroatoms. The van der Waals surface area contributed by atoms with E-state index in [0.717, 1.165) is 30.1 Å². The molecule has 0 radical (unpaired) electrons. The monoisotopic (exact) mass is 326 g/mol. The van der Waals surface area contributed by atoms with Crippen molar-refractivity contribution in [2.75, 3.05) is 38.2 Å². The van der Waals surface area contributed by atoms with Crippen molar-refractivity contribution in [1.29, 1.82) is 0 Å². The SMILES string of the molecule is COc1ccc(N2CCN(C(=O)NCc3cccnc3)CC2)cc1. The van der Waals surface area contributed by atoms with Crippen molar-refractivity contribution in [1.82, 2.24) is 15.2 Å². The van der Waals surface area contributed by atoms with E-state index in [1.807, 2.05) is 29.2 Å². The standard InChI is InChI=1S/C18H22N4O2/c1-24-17-6-4-16(5-7-17)21-9-11-22(12-10-21)18(23)20-14-15-3-2-8-19-13-15/h2-8,13H,9-12,14H2,1H3,(H,20,23). The summed E-state index contributed by atoms with van der Waals surface area (Å²) in [6.07, 6.45) is 3.49. The number of nitrogens with one attached hydrogen (secondary N) is 1. The van der Waals surface area contributed by atoms with Crippen LogP contribution in [0.1, 0.15) is 5.56 Å². The quantitative estimate of drug-likeness (QED) is 0.935. The van der Waals surface area contributed by atoms with Crippen LogP contribution in [0.3, 0.4) is 0 Å². The molecule has 1 fully saturated rings. The van der Waals surface area contributed by atoms with Gasteiger partial charge in [-0.05, 0) is 35.9 Å². The molecule has 1 aromatic heterocycles. The topological polar surface area (TPSA) is 57.7 Å². The Labute approximate surface area is 142 Å². The summed E-state index contributed by atoms with van der Waals surface area (Å²) in [6.45, 7) is 3.58. The number of benzene rings is 1. The lowest BCUT2D eigenvalue weighted by Crippen LogP contribution is -2.51. The van der Waals surface area contributed by atoms with Crippen LogP contribution in [0.2, 0.25) is 0 Å². The number of ether oxygens (including phenoxy) is 1. The van der Waals surface area contributed by atoms with E-state index in [2.05, 4.69) is 27.3 Å². The number of amides is 2. The third-order valence-corrected chi connectivity index (χ3v) is 4.17. The molecular formula is C18H22N4O2. The van der Waals surface area contributed by atoms with Crippen LogP contribution in [0.4, 0.5) is 10.5 Å². The molecule has 126 valence electrons. The molecule has 0 spiro atoms. The van der Waals surface area contributed by atoms with E-state index in [4.69, 9.17) is 4.74 Å². The minimum Gasteiger partial charge on any atom is -0.497 e. The van der Waals surface area contributed by atoms with Gasteiger partial charge in [-0.1, -0.05) is 6.07 Å². The zero-order chi connectivity index (χ0) is 16.8. The number of piperazine rings is 1. The van der Waals surface area contributed by atoms with Gasteiger partial charge in [0, 0.05) is 50.8 Å². The minimum absolute atomic E-state index is 0.0202. The highest BCUT2D eigenvalue weighted by Gasteiger charge is 2.21. The number of rotatable bonds is 4. The van der Waals surface area contributed by atoms with Gasteiger partial charge in [0.1, 0.15) is 5.75 Å². The van der Waals surface area contributed by atoms with Crippen molar-refractivity contribution in [2.24, 2.45) is 0 Å². The molecule has 0 bridgehead atoms. The van der Waals surface area contributed by atoms with Crippen LogP contribution in [0.25, 0.3) is 0 Å². The van der Waals surface area contributed by atoms with Crippen LogP contribution in [-0.2, 0) is 6.54 Å². The molecule has 1 aromatic carbocycles. The van der Waals surface area contributed by atoms with Gasteiger partial charge in [-0.3, -0.25) is 4.98 Å². The fourth-order valence-corrected chi connectivity index (χ4v) is 2.75. The number of hydrogen-bond acceptors (Lipinski definition) is 4. The Bertz CT molecular complexity index is 652. The van der Waals surface area contributed by atoms with Gasteiger partial charge in [0.05, 0.1) is 7.11 Å². The Morgan fingerprint density at radius 2 is 1.92 bits per heavy atom. The van der Waals surface area contributed by atoms with Gasteiger partial charge in [0.2, 0.25) is 0 Å². The van der Waals surface area contributed by atoms with Crippen LogP contribution >= 0.6 is 0 Å². The van der Waals surface area contributed by atoms with Crippen molar-refractivity contribution in [2.45, 2.75) is 6.54 Å². The number of nitrogens with zero attached hydrogens (tertiary/aromatic N) is 3. The maximum atomic E-state index is 12.3. The lowest BCUT2D eigenvalue weighted by molar-refractivity contribution is 0.194. The highest BCUT2D eigenvalue weighted by molar-refractivity contribution is 5.74. The van der Waals surface area contributed by atoms with Crippen LogP contribution in [0, 0.1) is 0 Å². The van der Waals surface area contributed by atoms with Gasteiger partial charge in [0.15, 0.2) is 0 Å². The molecule has 2 amide bonds. The zero-order valence-electron chi connectivity index (χ0n) is 13.8. The molecule has 1 aliphatic rings. The Morgan fingerprint density at radius 1 is 1.17 bits per heavy atom. The second-order valence-corrected chi connectivity index (χ2v) is 5.69. The Kier molecular flexibility index (Phi) is 5.15. The number of carbonyl (C=O) groups excluding carboxylic acids is 1. The molecule has 2 heterocycles. The van der Waals surface area contributed by atoms with Crippen molar-refractivity contribution in [3.8, 4) is 5.75 Å². The molecule has 2 aromatic rings. The van der Waals surface area contributed by atoms with E-state index in [9.17, 15) is 4.79 Å². The molecule has 0 unspecified atom stereocenters. The average Bonchev–Trinajstić information content (AvgIpc) is 2.67. The van der Waals surface area contributed by atoms with Crippen molar-refractivity contribution < 1.29 is 9.53 Å². The first-order valence-electron chi connectivity index (χ1n) is 8.07. The molecule has 6 nitrogen and oxygen atoms in total. The van der Waals surface area contributed by atoms with Gasteiger partial charge >= 0.3 is 6.03 Å². The molecule has 0 aliphatic carbocycles. The summed E-state index contributed by atoms with van der Waals surface area (Å²) in [5.74, 6) is 0.854. The maximum Gasteiger partial charge on any atom is 0.317 e. The number of hydrogen-bond donors (Lipinski definition) is 1. The largest absolute Gasteiger partial charge is 0.497 e. The van der Waals surface area contributed by atoms with Gasteiger partial charge in [-0.15, -0.1) is 0 Å². The fourth-order valence-electron chi connectivity index (χ4n) is 2.75. The second kappa shape index (κ2) is 7.68. The van der Waals surface area contributed by atoms with Crippen molar-refractivity contribution in [3.63, 3.8) is 0 Å². The highest BCUT2D eigenvalue weighted by Crippen LogP contribution is 2.20. The number of methoxy groups -OCH3 is 1. The van der Waals surface area contributed by atoms with Crippen LogP contribution in [0.15, 0.2) is 48.8 Å². The third kappa shape index (κ3) is 3.95. The van der Waals surface area contributed by atoms with Crippen molar-refractivity contribution >= 4 is 11.7 Å². The highest BCUT2D eigenvalue weighted by atomic mass is 16.5. The summed E-state index contributed by atoms with van der Waals surface area (Å²) in [4.78, 5) is 20.4. The lowest BCUT2D eigenvalue weighted by atomic mass is 10.2. The first kappa shape index (κ1) is 16.1. The fraction of sp³-hybridized carbons (Fsp3) is 0.333. The second-order valence-electron chi connectivity index (χ2n) is 5.69. The summed E-state index contributed by atoms with van der Waals surface area (Å²) >= 11 is 0. The average molecular weight is 326 g/mol. The Morgan fingerprint density at radius 3 is 2.54 bits per heavy atom. The summed E-state index contributed by atoms with van der Waals surface area (Å²) in [6, 6.07) is 11.8. The van der Waals surface area contributed by atoms with Crippen LogP contribution in [0.5, 0.6) is 5.75 Å².